The summed E-state index contributed by atoms with van der Waals surface area (Å²) in [6.45, 7) is 4.98. The molecule has 0 unspecified atom stereocenters. The number of hydrogen-bond donors (Lipinski definition) is 2. The summed E-state index contributed by atoms with van der Waals surface area (Å²) in [7, 11) is 1.82. The Kier molecular flexibility index (Phi) is 4.24. The summed E-state index contributed by atoms with van der Waals surface area (Å²) >= 11 is 6.61. The Morgan fingerprint density at radius 3 is 2.70 bits per heavy atom. The molecule has 1 atom stereocenters. The Hall–Kier alpha value is -2.38. The fourth-order valence-corrected chi connectivity index (χ4v) is 4.16. The number of nitrogens with zero attached hydrogens (tertiary/aromatic N) is 2. The van der Waals surface area contributed by atoms with E-state index in [0.29, 0.717) is 18.6 Å². The van der Waals surface area contributed by atoms with Gasteiger partial charge in [0, 0.05) is 31.4 Å². The third kappa shape index (κ3) is 2.82. The van der Waals surface area contributed by atoms with Crippen LogP contribution in [0.1, 0.15) is 29.2 Å². The molecule has 1 aromatic carbocycles. The minimum absolute atomic E-state index is 0.00348. The van der Waals surface area contributed by atoms with E-state index in [0.717, 1.165) is 24.5 Å². The highest BCUT2D eigenvalue weighted by molar-refractivity contribution is 6.38. The number of aromatic nitrogens is 1. The van der Waals surface area contributed by atoms with E-state index in [1.807, 2.05) is 7.05 Å². The highest BCUT2D eigenvalue weighted by Gasteiger charge is 2.32. The first-order chi connectivity index (χ1) is 12.8. The molecule has 1 saturated carbocycles. The van der Waals surface area contributed by atoms with Crippen LogP contribution in [0.5, 0.6) is 0 Å². The SMILES string of the molecule is C=C1CN(c2c(F)cc3c(=O)c(C(=O)O)cn(C4CC4)c3c2Cl)C[C@H]1NC. The zero-order valence-corrected chi connectivity index (χ0v) is 15.5. The second-order valence-corrected chi connectivity index (χ2v) is 7.49. The Morgan fingerprint density at radius 1 is 1.44 bits per heavy atom. The molecular formula is C19H19ClFN3O3. The quantitative estimate of drug-likeness (QED) is 0.784. The van der Waals surface area contributed by atoms with E-state index in [4.69, 9.17) is 11.6 Å². The summed E-state index contributed by atoms with van der Waals surface area (Å²) in [6.07, 6.45) is 3.06. The van der Waals surface area contributed by atoms with Gasteiger partial charge in [-0.2, -0.15) is 0 Å². The van der Waals surface area contributed by atoms with Gasteiger partial charge in [-0.3, -0.25) is 4.79 Å². The number of aromatic carboxylic acids is 1. The van der Waals surface area contributed by atoms with Crippen molar-refractivity contribution in [2.75, 3.05) is 25.0 Å². The lowest BCUT2D eigenvalue weighted by Gasteiger charge is -2.23. The number of carboxylic acids is 1. The van der Waals surface area contributed by atoms with Gasteiger partial charge in [-0.05, 0) is 31.5 Å². The molecule has 1 aliphatic heterocycles. The molecule has 0 radical (unpaired) electrons. The van der Waals surface area contributed by atoms with Crippen molar-refractivity contribution in [3.8, 4) is 0 Å². The summed E-state index contributed by atoms with van der Waals surface area (Å²) < 4.78 is 16.7. The van der Waals surface area contributed by atoms with Crippen molar-refractivity contribution in [2.24, 2.45) is 0 Å². The Labute approximate surface area is 159 Å². The molecule has 2 heterocycles. The first-order valence-corrected chi connectivity index (χ1v) is 9.11. The molecule has 2 fully saturated rings. The molecule has 2 N–H and O–H groups in total. The van der Waals surface area contributed by atoms with Crippen LogP contribution in [0.25, 0.3) is 10.9 Å². The van der Waals surface area contributed by atoms with E-state index in [9.17, 15) is 19.1 Å². The number of anilines is 1. The van der Waals surface area contributed by atoms with Crippen LogP contribution >= 0.6 is 11.6 Å². The van der Waals surface area contributed by atoms with Crippen LogP contribution in [0.4, 0.5) is 10.1 Å². The maximum absolute atomic E-state index is 15.0. The van der Waals surface area contributed by atoms with E-state index in [-0.39, 0.29) is 33.7 Å². The van der Waals surface area contributed by atoms with E-state index in [2.05, 4.69) is 11.9 Å². The summed E-state index contributed by atoms with van der Waals surface area (Å²) in [5, 5.41) is 12.6. The third-order valence-electron chi connectivity index (χ3n) is 5.31. The highest BCUT2D eigenvalue weighted by atomic mass is 35.5. The van der Waals surface area contributed by atoms with Crippen molar-refractivity contribution in [1.29, 1.82) is 0 Å². The van der Waals surface area contributed by atoms with Crippen LogP contribution < -0.4 is 15.6 Å². The Bertz CT molecular complexity index is 1040. The molecule has 2 aliphatic rings. The predicted octanol–water partition coefficient (Wildman–Crippen LogP) is 2.79. The molecule has 2 aromatic rings. The van der Waals surface area contributed by atoms with Crippen molar-refractivity contribution in [1.82, 2.24) is 9.88 Å². The van der Waals surface area contributed by atoms with Gasteiger partial charge in [0.05, 0.1) is 21.6 Å². The number of nitrogens with one attached hydrogen (secondary N) is 1. The van der Waals surface area contributed by atoms with Gasteiger partial charge in [-0.25, -0.2) is 9.18 Å². The third-order valence-corrected chi connectivity index (χ3v) is 5.67. The fourth-order valence-electron chi connectivity index (χ4n) is 3.75. The summed E-state index contributed by atoms with van der Waals surface area (Å²) in [6, 6.07) is 1.21. The number of pyridine rings is 1. The zero-order chi connectivity index (χ0) is 19.5. The maximum Gasteiger partial charge on any atom is 0.341 e. The highest BCUT2D eigenvalue weighted by Crippen LogP contribution is 2.42. The van der Waals surface area contributed by atoms with Crippen molar-refractivity contribution >= 4 is 34.2 Å². The molecule has 1 saturated heterocycles. The van der Waals surface area contributed by atoms with Crippen LogP contribution in [0, 0.1) is 5.82 Å². The van der Waals surface area contributed by atoms with Crippen molar-refractivity contribution in [3.05, 3.63) is 51.0 Å². The number of halogens is 2. The number of rotatable bonds is 4. The molecule has 1 aliphatic carbocycles. The zero-order valence-electron chi connectivity index (χ0n) is 14.8. The van der Waals surface area contributed by atoms with Crippen LogP contribution in [-0.4, -0.2) is 41.8 Å². The number of hydrogen-bond acceptors (Lipinski definition) is 4. The van der Waals surface area contributed by atoms with Gasteiger partial charge < -0.3 is 19.9 Å². The fraction of sp³-hybridized carbons (Fsp3) is 0.368. The lowest BCUT2D eigenvalue weighted by atomic mass is 10.1. The van der Waals surface area contributed by atoms with Crippen LogP contribution in [0.2, 0.25) is 5.02 Å². The van der Waals surface area contributed by atoms with Crippen LogP contribution in [0.3, 0.4) is 0 Å². The predicted molar refractivity (Wildman–Crippen MR) is 103 cm³/mol. The Balaban J connectivity index is 1.97. The minimum Gasteiger partial charge on any atom is -0.477 e. The van der Waals surface area contributed by atoms with Crippen molar-refractivity contribution in [2.45, 2.75) is 24.9 Å². The van der Waals surface area contributed by atoms with E-state index >= 15 is 0 Å². The van der Waals surface area contributed by atoms with Crippen LogP contribution in [0.15, 0.2) is 29.2 Å². The van der Waals surface area contributed by atoms with Crippen molar-refractivity contribution in [3.63, 3.8) is 0 Å². The average Bonchev–Trinajstić information content (AvgIpc) is 3.38. The second-order valence-electron chi connectivity index (χ2n) is 7.11. The summed E-state index contributed by atoms with van der Waals surface area (Å²) in [5.41, 5.74) is 0.445. The standard InChI is InChI=1S/C19H19ClFN3O3/c1-9-6-23(8-14(9)22-2)17-13(21)5-11-16(15(17)20)24(10-3-4-10)7-12(18(11)25)19(26)27/h5,7,10,14,22H,1,3-4,6,8H2,2H3,(H,26,27)/t14-/m1/s1. The van der Waals surface area contributed by atoms with E-state index in [1.54, 1.807) is 9.47 Å². The van der Waals surface area contributed by atoms with Gasteiger partial charge in [-0.15, -0.1) is 0 Å². The van der Waals surface area contributed by atoms with E-state index < -0.39 is 17.2 Å². The molecule has 6 nitrogen and oxygen atoms in total. The summed E-state index contributed by atoms with van der Waals surface area (Å²) in [5.74, 6) is -1.97. The lowest BCUT2D eigenvalue weighted by molar-refractivity contribution is 0.0695. The minimum atomic E-state index is -1.33. The topological polar surface area (TPSA) is 74.6 Å². The molecule has 4 rings (SSSR count). The van der Waals surface area contributed by atoms with Gasteiger partial charge in [0.1, 0.15) is 11.4 Å². The number of fused-ring (bicyclic) bond motifs is 1. The molecule has 142 valence electrons. The maximum atomic E-state index is 15.0. The lowest BCUT2D eigenvalue weighted by Crippen LogP contribution is -2.30. The molecule has 0 amide bonds. The summed E-state index contributed by atoms with van der Waals surface area (Å²) in [4.78, 5) is 25.8. The molecule has 0 bridgehead atoms. The van der Waals surface area contributed by atoms with Gasteiger partial charge in [0.15, 0.2) is 0 Å². The largest absolute Gasteiger partial charge is 0.477 e. The van der Waals surface area contributed by atoms with Gasteiger partial charge in [0.2, 0.25) is 5.43 Å². The van der Waals surface area contributed by atoms with Gasteiger partial charge in [0.25, 0.3) is 0 Å². The normalized spacial score (nSPS) is 19.9. The van der Waals surface area contributed by atoms with Gasteiger partial charge >= 0.3 is 5.97 Å². The number of likely N-dealkylation sites (N-methyl/N-ethyl adjacent to an activating group) is 1. The number of carboxylic acid groups (broad SMARTS) is 1. The first-order valence-electron chi connectivity index (χ1n) is 8.73. The van der Waals surface area contributed by atoms with Gasteiger partial charge in [-0.1, -0.05) is 18.2 Å². The molecule has 8 heteroatoms. The monoisotopic (exact) mass is 391 g/mol. The molecule has 1 aromatic heterocycles. The number of benzene rings is 1. The molecule has 27 heavy (non-hydrogen) atoms. The van der Waals surface area contributed by atoms with E-state index in [1.165, 1.54) is 6.20 Å². The smallest absolute Gasteiger partial charge is 0.341 e. The second kappa shape index (κ2) is 6.35. The van der Waals surface area contributed by atoms with Crippen molar-refractivity contribution < 1.29 is 14.3 Å². The number of carbonyl (C=O) groups is 1. The Morgan fingerprint density at radius 2 is 2.15 bits per heavy atom. The molecular weight excluding hydrogens is 373 g/mol. The first kappa shape index (κ1) is 18.0. The van der Waals surface area contributed by atoms with Crippen LogP contribution in [-0.2, 0) is 0 Å². The molecule has 0 spiro atoms. The average molecular weight is 392 g/mol.